The first-order chi connectivity index (χ1) is 18.5. The number of nitrogens with one attached hydrogen (secondary N) is 1. The van der Waals surface area contributed by atoms with Crippen molar-refractivity contribution in [2.24, 2.45) is 0 Å². The molecule has 2 amide bonds. The van der Waals surface area contributed by atoms with E-state index in [4.69, 9.17) is 0 Å². The van der Waals surface area contributed by atoms with Gasteiger partial charge in [0.15, 0.2) is 0 Å². The Kier molecular flexibility index (Phi) is 11.1. The number of hydrogen-bond acceptors (Lipinski definition) is 4. The van der Waals surface area contributed by atoms with Crippen LogP contribution < -0.4 is 9.62 Å². The van der Waals surface area contributed by atoms with Crippen molar-refractivity contribution in [2.45, 2.75) is 45.3 Å². The smallest absolute Gasteiger partial charge is 0.244 e. The lowest BCUT2D eigenvalue weighted by atomic mass is 10.0. The molecule has 10 heteroatoms. The molecule has 1 N–H and O–H groups in total. The zero-order chi connectivity index (χ0) is 28.6. The van der Waals surface area contributed by atoms with Gasteiger partial charge in [0.25, 0.3) is 0 Å². The van der Waals surface area contributed by atoms with Crippen LogP contribution in [0.5, 0.6) is 0 Å². The van der Waals surface area contributed by atoms with Crippen molar-refractivity contribution in [3.63, 3.8) is 0 Å². The number of anilines is 1. The van der Waals surface area contributed by atoms with E-state index in [0.29, 0.717) is 10.2 Å². The lowest BCUT2D eigenvalue weighted by Crippen LogP contribution is -2.54. The Morgan fingerprint density at radius 3 is 2.10 bits per heavy atom. The SMILES string of the molecule is CC[C@@H](C)NC(=O)[C@H](Cc1ccccc1)N(Cc1cccc(Br)c1)C(=O)CN(c1cccc(Br)c1)S(C)(=O)=O. The molecular weight excluding hydrogens is 646 g/mol. The molecule has 0 heterocycles. The lowest BCUT2D eigenvalue weighted by Gasteiger charge is -2.34. The van der Waals surface area contributed by atoms with Gasteiger partial charge in [-0.1, -0.05) is 87.3 Å². The summed E-state index contributed by atoms with van der Waals surface area (Å²) in [5, 5.41) is 3.02. The Morgan fingerprint density at radius 2 is 1.51 bits per heavy atom. The third-order valence-corrected chi connectivity index (χ3v) is 8.42. The highest BCUT2D eigenvalue weighted by Gasteiger charge is 2.33. The summed E-state index contributed by atoms with van der Waals surface area (Å²) >= 11 is 6.86. The monoisotopic (exact) mass is 677 g/mol. The summed E-state index contributed by atoms with van der Waals surface area (Å²) in [6.07, 6.45) is 2.07. The first-order valence-corrected chi connectivity index (χ1v) is 16.0. The highest BCUT2D eigenvalue weighted by Crippen LogP contribution is 2.24. The third-order valence-electron chi connectivity index (χ3n) is 6.29. The number of halogens is 2. The number of carbonyl (C=O) groups excluding carboxylic acids is 2. The average Bonchev–Trinajstić information content (AvgIpc) is 2.89. The molecule has 0 bridgehead atoms. The zero-order valence-electron chi connectivity index (χ0n) is 22.2. The van der Waals surface area contributed by atoms with Crippen molar-refractivity contribution in [1.29, 1.82) is 0 Å². The van der Waals surface area contributed by atoms with E-state index >= 15 is 0 Å². The quantitative estimate of drug-likeness (QED) is 0.273. The van der Waals surface area contributed by atoms with Gasteiger partial charge in [0.2, 0.25) is 21.8 Å². The molecule has 0 saturated carbocycles. The number of carbonyl (C=O) groups is 2. The second kappa shape index (κ2) is 14.1. The minimum Gasteiger partial charge on any atom is -0.352 e. The number of hydrogen-bond donors (Lipinski definition) is 1. The third kappa shape index (κ3) is 9.19. The molecule has 0 saturated heterocycles. The molecule has 0 aliphatic carbocycles. The van der Waals surface area contributed by atoms with Crippen LogP contribution in [0.15, 0.2) is 87.8 Å². The number of benzene rings is 3. The topological polar surface area (TPSA) is 86.8 Å². The Bertz CT molecular complexity index is 1390. The predicted octanol–water partition coefficient (Wildman–Crippen LogP) is 5.53. The number of sulfonamides is 1. The van der Waals surface area contributed by atoms with Gasteiger partial charge in [-0.25, -0.2) is 8.42 Å². The molecule has 3 aromatic carbocycles. The van der Waals surface area contributed by atoms with Crippen molar-refractivity contribution in [3.05, 3.63) is 98.9 Å². The summed E-state index contributed by atoms with van der Waals surface area (Å²) in [5.74, 6) is -0.773. The molecule has 3 aromatic rings. The molecule has 0 unspecified atom stereocenters. The fourth-order valence-corrected chi connectivity index (χ4v) is 5.75. The summed E-state index contributed by atoms with van der Waals surface area (Å²) in [6.45, 7) is 3.56. The summed E-state index contributed by atoms with van der Waals surface area (Å²) in [6, 6.07) is 22.8. The minimum absolute atomic E-state index is 0.0900. The van der Waals surface area contributed by atoms with E-state index < -0.39 is 28.5 Å². The fraction of sp³-hybridized carbons (Fsp3) is 0.310. The fourth-order valence-electron chi connectivity index (χ4n) is 4.07. The van der Waals surface area contributed by atoms with Gasteiger partial charge in [-0.2, -0.15) is 0 Å². The average molecular weight is 679 g/mol. The first kappa shape index (κ1) is 30.8. The van der Waals surface area contributed by atoms with E-state index in [9.17, 15) is 18.0 Å². The van der Waals surface area contributed by atoms with Crippen molar-refractivity contribution in [3.8, 4) is 0 Å². The van der Waals surface area contributed by atoms with Crippen LogP contribution in [-0.4, -0.2) is 50.0 Å². The van der Waals surface area contributed by atoms with Crippen LogP contribution in [0.4, 0.5) is 5.69 Å². The molecule has 7 nitrogen and oxygen atoms in total. The maximum absolute atomic E-state index is 14.1. The minimum atomic E-state index is -3.81. The molecule has 2 atom stereocenters. The zero-order valence-corrected chi connectivity index (χ0v) is 26.2. The highest BCUT2D eigenvalue weighted by molar-refractivity contribution is 9.10. The molecule has 0 fully saturated rings. The Hall–Kier alpha value is -2.69. The number of rotatable bonds is 12. The standard InChI is InChI=1S/C29H33Br2N3O4S/c1-4-21(2)32-29(36)27(17-22-10-6-5-7-11-22)33(19-23-12-8-13-24(30)16-23)28(35)20-34(39(3,37)38)26-15-9-14-25(31)18-26/h5-16,18,21,27H,4,17,19-20H2,1-3H3,(H,32,36)/t21-,27+/m1/s1. The summed E-state index contributed by atoms with van der Waals surface area (Å²) < 4.78 is 28.3. The molecule has 0 aliphatic heterocycles. The van der Waals surface area contributed by atoms with Gasteiger partial charge in [0.1, 0.15) is 12.6 Å². The van der Waals surface area contributed by atoms with E-state index in [1.165, 1.54) is 4.90 Å². The predicted molar refractivity (Wildman–Crippen MR) is 163 cm³/mol. The molecule has 0 aromatic heterocycles. The van der Waals surface area contributed by atoms with Gasteiger partial charge >= 0.3 is 0 Å². The van der Waals surface area contributed by atoms with Crippen LogP contribution in [0, 0.1) is 0 Å². The van der Waals surface area contributed by atoms with Gasteiger partial charge in [-0.15, -0.1) is 0 Å². The van der Waals surface area contributed by atoms with E-state index in [0.717, 1.165) is 32.6 Å². The van der Waals surface area contributed by atoms with Crippen LogP contribution >= 0.6 is 31.9 Å². The van der Waals surface area contributed by atoms with Gasteiger partial charge < -0.3 is 10.2 Å². The van der Waals surface area contributed by atoms with E-state index in [1.807, 2.05) is 68.4 Å². The Morgan fingerprint density at radius 1 is 0.897 bits per heavy atom. The van der Waals surface area contributed by atoms with Crippen LogP contribution in [0.25, 0.3) is 0 Å². The maximum Gasteiger partial charge on any atom is 0.244 e. The van der Waals surface area contributed by atoms with Gasteiger partial charge in [-0.3, -0.25) is 13.9 Å². The molecule has 39 heavy (non-hydrogen) atoms. The summed E-state index contributed by atoms with van der Waals surface area (Å²) in [4.78, 5) is 29.2. The second-order valence-corrected chi connectivity index (χ2v) is 13.2. The van der Waals surface area contributed by atoms with Crippen LogP contribution in [-0.2, 0) is 32.6 Å². The number of nitrogens with zero attached hydrogens (tertiary/aromatic N) is 2. The largest absolute Gasteiger partial charge is 0.352 e. The van der Waals surface area contributed by atoms with Crippen molar-refractivity contribution < 1.29 is 18.0 Å². The van der Waals surface area contributed by atoms with E-state index in [2.05, 4.69) is 37.2 Å². The van der Waals surface area contributed by atoms with E-state index in [1.54, 1.807) is 24.3 Å². The molecular formula is C29H33Br2N3O4S. The first-order valence-electron chi connectivity index (χ1n) is 12.6. The molecule has 0 spiro atoms. The second-order valence-electron chi connectivity index (χ2n) is 9.42. The van der Waals surface area contributed by atoms with Crippen LogP contribution in [0.3, 0.4) is 0 Å². The molecule has 3 rings (SSSR count). The van der Waals surface area contributed by atoms with Gasteiger partial charge in [0.05, 0.1) is 11.9 Å². The number of amides is 2. The molecule has 0 aliphatic rings. The lowest BCUT2D eigenvalue weighted by molar-refractivity contribution is -0.140. The normalized spacial score (nSPS) is 12.8. The van der Waals surface area contributed by atoms with Crippen LogP contribution in [0.2, 0.25) is 0 Å². The molecule has 0 radical (unpaired) electrons. The van der Waals surface area contributed by atoms with Gasteiger partial charge in [-0.05, 0) is 54.8 Å². The van der Waals surface area contributed by atoms with Crippen LogP contribution in [0.1, 0.15) is 31.4 Å². The Labute approximate surface area is 247 Å². The Balaban J connectivity index is 2.06. The molecule has 208 valence electrons. The van der Waals surface area contributed by atoms with E-state index in [-0.39, 0.29) is 24.9 Å². The maximum atomic E-state index is 14.1. The van der Waals surface area contributed by atoms with Crippen molar-refractivity contribution in [2.75, 3.05) is 17.1 Å². The van der Waals surface area contributed by atoms with Crippen molar-refractivity contribution in [1.82, 2.24) is 10.2 Å². The van der Waals surface area contributed by atoms with Crippen molar-refractivity contribution >= 4 is 59.4 Å². The van der Waals surface area contributed by atoms with Gasteiger partial charge in [0, 0.05) is 28.0 Å². The summed E-state index contributed by atoms with van der Waals surface area (Å²) in [7, 11) is -3.81. The highest BCUT2D eigenvalue weighted by atomic mass is 79.9. The summed E-state index contributed by atoms with van der Waals surface area (Å²) in [5.41, 5.74) is 2.05.